The summed E-state index contributed by atoms with van der Waals surface area (Å²) in [5.41, 5.74) is 5.44. The lowest BCUT2D eigenvalue weighted by molar-refractivity contribution is -0.121. The number of hydrogen-bond acceptors (Lipinski definition) is 5. The van der Waals surface area contributed by atoms with Crippen LogP contribution in [-0.2, 0) is 4.79 Å². The van der Waals surface area contributed by atoms with Crippen molar-refractivity contribution in [2.24, 2.45) is 0 Å². The van der Waals surface area contributed by atoms with Crippen LogP contribution in [0.4, 0.5) is 5.95 Å². The maximum atomic E-state index is 12.0. The molecule has 18 heavy (non-hydrogen) atoms. The normalized spacial score (nSPS) is 18.5. The third-order valence-corrected chi connectivity index (χ3v) is 4.05. The summed E-state index contributed by atoms with van der Waals surface area (Å²) >= 11 is 1.32. The van der Waals surface area contributed by atoms with Gasteiger partial charge < -0.3 is 11.1 Å². The van der Waals surface area contributed by atoms with Crippen LogP contribution in [0.3, 0.4) is 0 Å². The van der Waals surface area contributed by atoms with Crippen molar-refractivity contribution in [1.29, 1.82) is 0 Å². The van der Waals surface area contributed by atoms with Gasteiger partial charge in [-0.25, -0.2) is 5.10 Å². The van der Waals surface area contributed by atoms with Gasteiger partial charge in [-0.1, -0.05) is 31.0 Å². The van der Waals surface area contributed by atoms with Crippen molar-refractivity contribution in [3.63, 3.8) is 0 Å². The molecule has 0 aliphatic heterocycles. The van der Waals surface area contributed by atoms with E-state index in [1.807, 2.05) is 6.92 Å². The minimum atomic E-state index is -0.206. The van der Waals surface area contributed by atoms with Crippen LogP contribution < -0.4 is 11.1 Å². The maximum Gasteiger partial charge on any atom is 0.233 e. The van der Waals surface area contributed by atoms with E-state index >= 15 is 0 Å². The molecule has 1 aliphatic carbocycles. The van der Waals surface area contributed by atoms with E-state index in [4.69, 9.17) is 5.73 Å². The molecule has 1 amide bonds. The van der Waals surface area contributed by atoms with Gasteiger partial charge >= 0.3 is 0 Å². The van der Waals surface area contributed by atoms with Gasteiger partial charge in [0.25, 0.3) is 0 Å². The molecule has 0 aromatic carbocycles. The average Bonchev–Trinajstić information content (AvgIpc) is 2.76. The molecule has 4 N–H and O–H groups in total. The number of nitrogens with two attached hydrogens (primary N) is 1. The van der Waals surface area contributed by atoms with Crippen molar-refractivity contribution in [3.05, 3.63) is 0 Å². The zero-order chi connectivity index (χ0) is 13.0. The summed E-state index contributed by atoms with van der Waals surface area (Å²) in [6.07, 6.45) is 5.90. The van der Waals surface area contributed by atoms with Gasteiger partial charge in [0.1, 0.15) is 0 Å². The Balaban J connectivity index is 1.80. The molecule has 2 rings (SSSR count). The highest BCUT2D eigenvalue weighted by Gasteiger charge is 2.21. The number of nitrogen functional groups attached to an aromatic ring is 1. The quantitative estimate of drug-likeness (QED) is 0.716. The summed E-state index contributed by atoms with van der Waals surface area (Å²) in [6.45, 7) is 1.86. The third-order valence-electron chi connectivity index (χ3n) is 3.09. The van der Waals surface area contributed by atoms with Gasteiger partial charge in [-0.2, -0.15) is 4.98 Å². The van der Waals surface area contributed by atoms with E-state index in [-0.39, 0.29) is 17.1 Å². The molecule has 1 aromatic rings. The van der Waals surface area contributed by atoms with Crippen LogP contribution in [0.5, 0.6) is 0 Å². The van der Waals surface area contributed by atoms with Gasteiger partial charge in [0.15, 0.2) is 0 Å². The predicted molar refractivity (Wildman–Crippen MR) is 71.1 cm³/mol. The number of carbonyl (C=O) groups is 1. The van der Waals surface area contributed by atoms with Crippen molar-refractivity contribution in [2.75, 3.05) is 5.73 Å². The van der Waals surface area contributed by atoms with Crippen LogP contribution in [0.15, 0.2) is 5.16 Å². The lowest BCUT2D eigenvalue weighted by Crippen LogP contribution is -2.40. The lowest BCUT2D eigenvalue weighted by Gasteiger charge is -2.24. The number of anilines is 1. The monoisotopic (exact) mass is 269 g/mol. The van der Waals surface area contributed by atoms with E-state index in [0.717, 1.165) is 12.8 Å². The summed E-state index contributed by atoms with van der Waals surface area (Å²) in [5.74, 6) is 0.327. The predicted octanol–water partition coefficient (Wildman–Crippen LogP) is 1.32. The van der Waals surface area contributed by atoms with E-state index in [2.05, 4.69) is 20.5 Å². The van der Waals surface area contributed by atoms with Crippen LogP contribution >= 0.6 is 11.8 Å². The fourth-order valence-electron chi connectivity index (χ4n) is 2.09. The first-order valence-electron chi connectivity index (χ1n) is 6.30. The summed E-state index contributed by atoms with van der Waals surface area (Å²) in [6, 6.07) is 0.339. The average molecular weight is 269 g/mol. The molecule has 0 unspecified atom stereocenters. The van der Waals surface area contributed by atoms with E-state index in [0.29, 0.717) is 11.2 Å². The molecule has 1 atom stereocenters. The van der Waals surface area contributed by atoms with Crippen molar-refractivity contribution in [3.8, 4) is 0 Å². The second-order valence-electron chi connectivity index (χ2n) is 4.61. The molecule has 0 saturated heterocycles. The minimum absolute atomic E-state index is 0.0512. The van der Waals surface area contributed by atoms with Gasteiger partial charge in [-0.3, -0.25) is 4.79 Å². The number of thioether (sulfide) groups is 1. The van der Waals surface area contributed by atoms with Gasteiger partial charge in [-0.05, 0) is 19.8 Å². The molecule has 100 valence electrons. The first kappa shape index (κ1) is 13.2. The molecule has 1 aliphatic rings. The van der Waals surface area contributed by atoms with Gasteiger partial charge in [0.2, 0.25) is 17.0 Å². The van der Waals surface area contributed by atoms with Crippen molar-refractivity contribution >= 4 is 23.6 Å². The minimum Gasteiger partial charge on any atom is -0.368 e. The van der Waals surface area contributed by atoms with Crippen LogP contribution in [0, 0.1) is 0 Å². The first-order valence-corrected chi connectivity index (χ1v) is 7.18. The maximum absolute atomic E-state index is 12.0. The number of rotatable bonds is 4. The highest BCUT2D eigenvalue weighted by atomic mass is 32.2. The van der Waals surface area contributed by atoms with Crippen molar-refractivity contribution in [1.82, 2.24) is 20.5 Å². The Hall–Kier alpha value is -1.24. The number of hydrogen-bond donors (Lipinski definition) is 3. The largest absolute Gasteiger partial charge is 0.368 e. The lowest BCUT2D eigenvalue weighted by atomic mass is 9.95. The molecule has 0 radical (unpaired) electrons. The third kappa shape index (κ3) is 3.63. The standard InChI is InChI=1S/C11H19N5OS/c1-7(18-11-14-10(12)15-16-11)9(17)13-8-5-3-2-4-6-8/h7-8H,2-6H2,1H3,(H,13,17)(H3,12,14,15,16)/t7-/m0/s1. The van der Waals surface area contributed by atoms with E-state index in [1.165, 1.54) is 31.0 Å². The molecule has 1 heterocycles. The molecule has 0 bridgehead atoms. The Morgan fingerprint density at radius 3 is 2.83 bits per heavy atom. The summed E-state index contributed by atoms with van der Waals surface area (Å²) in [4.78, 5) is 16.0. The van der Waals surface area contributed by atoms with Crippen LogP contribution in [0.1, 0.15) is 39.0 Å². The number of amides is 1. The molecule has 7 heteroatoms. The second-order valence-corrected chi connectivity index (χ2v) is 5.91. The molecule has 1 aromatic heterocycles. The van der Waals surface area contributed by atoms with Crippen molar-refractivity contribution < 1.29 is 4.79 Å². The number of nitrogens with one attached hydrogen (secondary N) is 2. The zero-order valence-corrected chi connectivity index (χ0v) is 11.3. The van der Waals surface area contributed by atoms with Gasteiger partial charge in [-0.15, -0.1) is 5.10 Å². The van der Waals surface area contributed by atoms with Gasteiger partial charge in [0, 0.05) is 6.04 Å². The Labute approximate surface area is 111 Å². The number of aromatic nitrogens is 3. The zero-order valence-electron chi connectivity index (χ0n) is 10.5. The second kappa shape index (κ2) is 6.08. The fourth-order valence-corrected chi connectivity index (χ4v) is 2.83. The highest BCUT2D eigenvalue weighted by Crippen LogP contribution is 2.21. The van der Waals surface area contributed by atoms with Crippen LogP contribution in [-0.4, -0.2) is 32.4 Å². The summed E-state index contributed by atoms with van der Waals surface area (Å²) < 4.78 is 0. The molecule has 0 spiro atoms. The van der Waals surface area contributed by atoms with Crippen molar-refractivity contribution in [2.45, 2.75) is 55.5 Å². The molecule has 1 fully saturated rings. The number of H-pyrrole nitrogens is 1. The topological polar surface area (TPSA) is 96.7 Å². The van der Waals surface area contributed by atoms with Gasteiger partial charge in [0.05, 0.1) is 5.25 Å². The van der Waals surface area contributed by atoms with Crippen LogP contribution in [0.2, 0.25) is 0 Å². The molecule has 6 nitrogen and oxygen atoms in total. The molecular weight excluding hydrogens is 250 g/mol. The molecule has 1 saturated carbocycles. The number of carbonyl (C=O) groups excluding carboxylic acids is 1. The number of aromatic amines is 1. The summed E-state index contributed by atoms with van der Waals surface area (Å²) in [5, 5.41) is 9.86. The Kier molecular flexibility index (Phi) is 4.46. The fraction of sp³-hybridized carbons (Fsp3) is 0.727. The highest BCUT2D eigenvalue weighted by molar-refractivity contribution is 8.00. The number of nitrogens with zero attached hydrogens (tertiary/aromatic N) is 2. The first-order chi connectivity index (χ1) is 8.65. The van der Waals surface area contributed by atoms with E-state index in [9.17, 15) is 4.79 Å². The Morgan fingerprint density at radius 1 is 1.50 bits per heavy atom. The Morgan fingerprint density at radius 2 is 2.22 bits per heavy atom. The Bertz CT molecular complexity index is 402. The van der Waals surface area contributed by atoms with E-state index in [1.54, 1.807) is 0 Å². The van der Waals surface area contributed by atoms with Crippen LogP contribution in [0.25, 0.3) is 0 Å². The SMILES string of the molecule is C[C@H](Sc1n[nH]c(N)n1)C(=O)NC1CCCCC1. The van der Waals surface area contributed by atoms with E-state index < -0.39 is 0 Å². The molecular formula is C11H19N5OS. The summed E-state index contributed by atoms with van der Waals surface area (Å²) in [7, 11) is 0. The smallest absolute Gasteiger partial charge is 0.233 e.